The first-order chi connectivity index (χ1) is 18.6. The molecule has 39 heavy (non-hydrogen) atoms. The number of amidine groups is 2. The zero-order valence-electron chi connectivity index (χ0n) is 23.4. The van der Waals surface area contributed by atoms with Gasteiger partial charge in [-0.05, 0) is 61.6 Å². The van der Waals surface area contributed by atoms with Crippen molar-refractivity contribution in [3.8, 4) is 0 Å². The number of anilines is 2. The van der Waals surface area contributed by atoms with Crippen LogP contribution in [0.4, 0.5) is 24.5 Å². The lowest BCUT2D eigenvalue weighted by Crippen LogP contribution is -2.39. The number of aliphatic imine (C=N–C) groups is 2. The van der Waals surface area contributed by atoms with Gasteiger partial charge >= 0.3 is 0 Å². The molecule has 0 aliphatic rings. The van der Waals surface area contributed by atoms with Gasteiger partial charge in [0, 0.05) is 37.1 Å². The van der Waals surface area contributed by atoms with E-state index >= 15 is 0 Å². The molecule has 0 aliphatic heterocycles. The van der Waals surface area contributed by atoms with Crippen LogP contribution in [0.1, 0.15) is 57.7 Å². The summed E-state index contributed by atoms with van der Waals surface area (Å²) in [5.74, 6) is -0.0788. The van der Waals surface area contributed by atoms with Gasteiger partial charge in [-0.2, -0.15) is 5.10 Å². The molecule has 0 heterocycles. The minimum Gasteiger partial charge on any atom is -0.391 e. The molecule has 212 valence electrons. The molecule has 0 amide bonds. The quantitative estimate of drug-likeness (QED) is 0.163. The van der Waals surface area contributed by atoms with Crippen molar-refractivity contribution >= 4 is 29.3 Å². The molecule has 0 radical (unpaired) electrons. The fourth-order valence-corrected chi connectivity index (χ4v) is 3.67. The molecule has 1 atom stereocenters. The first kappa shape index (κ1) is 31.6. The zero-order chi connectivity index (χ0) is 28.9. The molecular weight excluding hydrogens is 505 g/mol. The summed E-state index contributed by atoms with van der Waals surface area (Å²) < 4.78 is 40.8. The molecule has 0 saturated heterocycles. The highest BCUT2D eigenvalue weighted by molar-refractivity contribution is 5.96. The molecule has 10 heteroatoms. The lowest BCUT2D eigenvalue weighted by Gasteiger charge is -2.27. The molecule has 2 aromatic rings. The van der Waals surface area contributed by atoms with Crippen molar-refractivity contribution in [1.29, 1.82) is 0 Å². The van der Waals surface area contributed by atoms with Gasteiger partial charge in [0.2, 0.25) is 0 Å². The lowest BCUT2D eigenvalue weighted by atomic mass is 10.0. The first-order valence-electron chi connectivity index (χ1n) is 13.0. The maximum atomic E-state index is 14.8. The number of hydrogen-bond donors (Lipinski definition) is 3. The Balaban J connectivity index is 2.07. The van der Waals surface area contributed by atoms with E-state index in [4.69, 9.17) is 0 Å². The van der Waals surface area contributed by atoms with E-state index in [0.29, 0.717) is 18.1 Å². The number of hydrazone groups is 1. The minimum absolute atomic E-state index is 0.0388. The standard InChI is InChI=1S/C29H39F3N6O/c1-7-21-14-25(36-24-11-9-10-22(15-24)28(31)32)13-12-23(21)16-35-37-20(5)34-17-26(30)29(33-6)38(8-2)18-27(39)19(3)4/h9-17,19,27-28,36,39H,7-8,18H2,1-6H3,(H,34,37)/b26-17+,33-29?,35-16+. The molecule has 1 unspecified atom stereocenters. The summed E-state index contributed by atoms with van der Waals surface area (Å²) in [6.45, 7) is 10.1. The topological polar surface area (TPSA) is 84.6 Å². The van der Waals surface area contributed by atoms with E-state index in [1.807, 2.05) is 45.9 Å². The van der Waals surface area contributed by atoms with Crippen LogP contribution in [-0.2, 0) is 6.42 Å². The highest BCUT2D eigenvalue weighted by Gasteiger charge is 2.19. The number of hydrogen-bond acceptors (Lipinski definition) is 5. The number of aliphatic hydroxyl groups is 1. The van der Waals surface area contributed by atoms with E-state index in [2.05, 4.69) is 25.8 Å². The van der Waals surface area contributed by atoms with Crippen LogP contribution < -0.4 is 10.7 Å². The van der Waals surface area contributed by atoms with Crippen LogP contribution in [0, 0.1) is 5.92 Å². The number of rotatable bonds is 12. The average molecular weight is 545 g/mol. The van der Waals surface area contributed by atoms with Gasteiger partial charge in [0.1, 0.15) is 5.84 Å². The molecular formula is C29H39F3N6O. The van der Waals surface area contributed by atoms with Gasteiger partial charge in [-0.15, -0.1) is 0 Å². The van der Waals surface area contributed by atoms with Crippen LogP contribution in [-0.4, -0.2) is 54.1 Å². The highest BCUT2D eigenvalue weighted by atomic mass is 19.3. The minimum atomic E-state index is -2.53. The predicted molar refractivity (Wildman–Crippen MR) is 155 cm³/mol. The van der Waals surface area contributed by atoms with Crippen LogP contribution in [0.2, 0.25) is 0 Å². The van der Waals surface area contributed by atoms with Crippen molar-refractivity contribution in [3.63, 3.8) is 0 Å². The van der Waals surface area contributed by atoms with Gasteiger partial charge in [0.05, 0.1) is 18.5 Å². The van der Waals surface area contributed by atoms with Crippen molar-refractivity contribution in [2.45, 2.75) is 53.6 Å². The number of nitrogens with one attached hydrogen (secondary N) is 2. The van der Waals surface area contributed by atoms with Crippen molar-refractivity contribution in [1.82, 2.24) is 10.3 Å². The Morgan fingerprint density at radius 2 is 1.82 bits per heavy atom. The maximum Gasteiger partial charge on any atom is 0.263 e. The molecule has 7 nitrogen and oxygen atoms in total. The van der Waals surface area contributed by atoms with E-state index in [1.54, 1.807) is 30.2 Å². The summed E-state index contributed by atoms with van der Waals surface area (Å²) in [6, 6.07) is 11.8. The Morgan fingerprint density at radius 3 is 2.44 bits per heavy atom. The van der Waals surface area contributed by atoms with Crippen molar-refractivity contribution in [2.24, 2.45) is 21.0 Å². The second-order valence-corrected chi connectivity index (χ2v) is 9.28. The average Bonchev–Trinajstić information content (AvgIpc) is 2.92. The van der Waals surface area contributed by atoms with Crippen molar-refractivity contribution < 1.29 is 18.3 Å². The number of likely N-dealkylation sites (N-methyl/N-ethyl adjacent to an activating group) is 1. The second kappa shape index (κ2) is 15.7. The summed E-state index contributed by atoms with van der Waals surface area (Å²) in [6.07, 6.45) is 0.313. The Bertz CT molecular complexity index is 1190. The number of aliphatic hydroxyl groups excluding tert-OH is 1. The third-order valence-corrected chi connectivity index (χ3v) is 6.04. The smallest absolute Gasteiger partial charge is 0.263 e. The fraction of sp³-hybridized carbons (Fsp3) is 0.414. The Labute approximate surface area is 229 Å². The number of aryl methyl sites for hydroxylation is 1. The van der Waals surface area contributed by atoms with Crippen LogP contribution >= 0.6 is 0 Å². The monoisotopic (exact) mass is 544 g/mol. The Kier molecular flexibility index (Phi) is 12.7. The third-order valence-electron chi connectivity index (χ3n) is 6.04. The van der Waals surface area contributed by atoms with E-state index in [0.717, 1.165) is 29.4 Å². The largest absolute Gasteiger partial charge is 0.391 e. The lowest BCUT2D eigenvalue weighted by molar-refractivity contribution is 0.1000. The highest BCUT2D eigenvalue weighted by Crippen LogP contribution is 2.25. The molecule has 0 bridgehead atoms. The summed E-state index contributed by atoms with van der Waals surface area (Å²) in [5, 5.41) is 17.6. The molecule has 0 fully saturated rings. The number of alkyl halides is 2. The maximum absolute atomic E-state index is 14.8. The van der Waals surface area contributed by atoms with Crippen LogP contribution in [0.15, 0.2) is 69.6 Å². The van der Waals surface area contributed by atoms with Gasteiger partial charge in [-0.25, -0.2) is 18.2 Å². The fourth-order valence-electron chi connectivity index (χ4n) is 3.67. The molecule has 2 aromatic carbocycles. The van der Waals surface area contributed by atoms with E-state index in [1.165, 1.54) is 19.2 Å². The zero-order valence-corrected chi connectivity index (χ0v) is 23.4. The second-order valence-electron chi connectivity index (χ2n) is 9.28. The van der Waals surface area contributed by atoms with Crippen LogP contribution in [0.3, 0.4) is 0 Å². The molecule has 2 rings (SSSR count). The normalized spacial score (nSPS) is 13.9. The summed E-state index contributed by atoms with van der Waals surface area (Å²) in [5.41, 5.74) is 5.98. The number of nitrogens with zero attached hydrogens (tertiary/aromatic N) is 4. The summed E-state index contributed by atoms with van der Waals surface area (Å²) in [4.78, 5) is 9.82. The van der Waals surface area contributed by atoms with Gasteiger partial charge in [0.25, 0.3) is 6.43 Å². The van der Waals surface area contributed by atoms with E-state index in [9.17, 15) is 18.3 Å². The van der Waals surface area contributed by atoms with Crippen molar-refractivity contribution in [2.75, 3.05) is 25.5 Å². The number of benzene rings is 2. The van der Waals surface area contributed by atoms with Gasteiger partial charge in [-0.3, -0.25) is 10.4 Å². The third kappa shape index (κ3) is 9.86. The Hall–Kier alpha value is -3.66. The summed E-state index contributed by atoms with van der Waals surface area (Å²) in [7, 11) is 1.50. The summed E-state index contributed by atoms with van der Waals surface area (Å²) >= 11 is 0. The Morgan fingerprint density at radius 1 is 1.10 bits per heavy atom. The molecule has 0 aromatic heterocycles. The first-order valence-corrected chi connectivity index (χ1v) is 13.0. The molecule has 0 spiro atoms. The van der Waals surface area contributed by atoms with Gasteiger partial charge in [-0.1, -0.05) is 39.0 Å². The number of halogens is 3. The molecule has 0 aliphatic carbocycles. The van der Waals surface area contributed by atoms with Gasteiger partial charge in [0.15, 0.2) is 11.7 Å². The molecule has 0 saturated carbocycles. The SMILES string of the molecule is CCc1cc(Nc2cccc(C(F)F)c2)ccc1/C=N/NC(C)=N/C=C(/F)C(=NC)N(CC)CC(O)C(C)C. The predicted octanol–water partition coefficient (Wildman–Crippen LogP) is 6.45. The van der Waals surface area contributed by atoms with Crippen LogP contribution in [0.5, 0.6) is 0 Å². The van der Waals surface area contributed by atoms with E-state index < -0.39 is 18.4 Å². The van der Waals surface area contributed by atoms with Gasteiger partial charge < -0.3 is 15.3 Å². The van der Waals surface area contributed by atoms with Crippen molar-refractivity contribution in [3.05, 3.63) is 71.2 Å². The molecule has 3 N–H and O–H groups in total. The van der Waals surface area contributed by atoms with E-state index in [-0.39, 0.29) is 23.9 Å². The van der Waals surface area contributed by atoms with Crippen LogP contribution in [0.25, 0.3) is 0 Å².